The van der Waals surface area contributed by atoms with Crippen LogP contribution in [0.2, 0.25) is 0 Å². The zero-order valence-corrected chi connectivity index (χ0v) is 15.9. The minimum atomic E-state index is -0.146. The fraction of sp³-hybridized carbons (Fsp3) is 0.182. The lowest BCUT2D eigenvalue weighted by atomic mass is 9.86. The third kappa shape index (κ3) is 3.20. The normalized spacial score (nSPS) is 15.9. The van der Waals surface area contributed by atoms with Gasteiger partial charge in [0, 0.05) is 56.3 Å². The average Bonchev–Trinajstić information content (AvgIpc) is 3.42. The molecule has 5 rings (SSSR count). The average molecular weight is 385 g/mol. The van der Waals surface area contributed by atoms with Crippen LogP contribution in [-0.4, -0.2) is 37.3 Å². The SMILES string of the molecule is Cn1cc(C2CN(C(=O)c3cc(-c4cccnc4)on3)Cc3ccccc32)cn1. The van der Waals surface area contributed by atoms with Crippen LogP contribution in [0.15, 0.2) is 71.8 Å². The molecule has 0 saturated heterocycles. The highest BCUT2D eigenvalue weighted by Gasteiger charge is 2.31. The Bertz CT molecular complexity index is 1160. The van der Waals surface area contributed by atoms with Crippen molar-refractivity contribution in [3.63, 3.8) is 0 Å². The molecule has 4 aromatic rings. The molecular formula is C22H19N5O2. The van der Waals surface area contributed by atoms with E-state index in [4.69, 9.17) is 4.52 Å². The Morgan fingerprint density at radius 1 is 1.17 bits per heavy atom. The molecule has 7 heteroatoms. The Labute approximate surface area is 167 Å². The summed E-state index contributed by atoms with van der Waals surface area (Å²) in [5, 5.41) is 8.32. The lowest BCUT2D eigenvalue weighted by molar-refractivity contribution is 0.0714. The van der Waals surface area contributed by atoms with Crippen LogP contribution in [0.3, 0.4) is 0 Å². The molecule has 3 aromatic heterocycles. The molecule has 0 bridgehead atoms. The first-order valence-electron chi connectivity index (χ1n) is 9.42. The highest BCUT2D eigenvalue weighted by molar-refractivity contribution is 5.93. The van der Waals surface area contributed by atoms with Crippen molar-refractivity contribution in [3.8, 4) is 11.3 Å². The predicted octanol–water partition coefficient (Wildman–Crippen LogP) is 3.26. The first-order valence-corrected chi connectivity index (χ1v) is 9.42. The number of nitrogens with zero attached hydrogens (tertiary/aromatic N) is 5. The summed E-state index contributed by atoms with van der Waals surface area (Å²) in [5.74, 6) is 0.456. The number of amides is 1. The lowest BCUT2D eigenvalue weighted by Gasteiger charge is -2.34. The van der Waals surface area contributed by atoms with Crippen molar-refractivity contribution >= 4 is 5.91 Å². The zero-order chi connectivity index (χ0) is 19.8. The van der Waals surface area contributed by atoms with Crippen LogP contribution in [-0.2, 0) is 13.6 Å². The van der Waals surface area contributed by atoms with E-state index in [1.54, 1.807) is 23.1 Å². The summed E-state index contributed by atoms with van der Waals surface area (Å²) in [6, 6.07) is 13.6. The van der Waals surface area contributed by atoms with Crippen LogP contribution in [0.5, 0.6) is 0 Å². The Morgan fingerprint density at radius 3 is 2.86 bits per heavy atom. The maximum Gasteiger partial charge on any atom is 0.276 e. The summed E-state index contributed by atoms with van der Waals surface area (Å²) in [4.78, 5) is 19.1. The second-order valence-electron chi connectivity index (χ2n) is 7.20. The topological polar surface area (TPSA) is 77.0 Å². The number of fused-ring (bicyclic) bond motifs is 1. The van der Waals surface area contributed by atoms with Crippen molar-refractivity contribution in [3.05, 3.63) is 89.6 Å². The van der Waals surface area contributed by atoms with Gasteiger partial charge in [-0.05, 0) is 28.8 Å². The van der Waals surface area contributed by atoms with Gasteiger partial charge in [-0.15, -0.1) is 0 Å². The first-order chi connectivity index (χ1) is 14.2. The molecule has 4 heterocycles. The van der Waals surface area contributed by atoms with Gasteiger partial charge in [0.2, 0.25) is 0 Å². The highest BCUT2D eigenvalue weighted by atomic mass is 16.5. The van der Waals surface area contributed by atoms with Gasteiger partial charge in [-0.25, -0.2) is 0 Å². The van der Waals surface area contributed by atoms with Crippen LogP contribution in [0.4, 0.5) is 0 Å². The van der Waals surface area contributed by atoms with Crippen LogP contribution in [0.25, 0.3) is 11.3 Å². The fourth-order valence-electron chi connectivity index (χ4n) is 3.85. The van der Waals surface area contributed by atoms with Crippen LogP contribution in [0, 0.1) is 0 Å². The Balaban J connectivity index is 1.46. The molecule has 29 heavy (non-hydrogen) atoms. The number of hydrogen-bond acceptors (Lipinski definition) is 5. The summed E-state index contributed by atoms with van der Waals surface area (Å²) in [7, 11) is 1.90. The number of carbonyl (C=O) groups is 1. The summed E-state index contributed by atoms with van der Waals surface area (Å²) >= 11 is 0. The van der Waals surface area contributed by atoms with Crippen molar-refractivity contribution in [2.45, 2.75) is 12.5 Å². The number of hydrogen-bond donors (Lipinski definition) is 0. The molecule has 0 spiro atoms. The molecular weight excluding hydrogens is 366 g/mol. The van der Waals surface area contributed by atoms with Crippen molar-refractivity contribution in [2.24, 2.45) is 7.05 Å². The van der Waals surface area contributed by atoms with E-state index in [0.717, 1.165) is 16.7 Å². The van der Waals surface area contributed by atoms with E-state index in [-0.39, 0.29) is 11.8 Å². The van der Waals surface area contributed by atoms with E-state index in [0.29, 0.717) is 24.5 Å². The summed E-state index contributed by atoms with van der Waals surface area (Å²) in [6.45, 7) is 1.11. The molecule has 0 N–H and O–H groups in total. The van der Waals surface area contributed by atoms with Crippen molar-refractivity contribution in [1.82, 2.24) is 24.8 Å². The molecule has 0 radical (unpaired) electrons. The summed E-state index contributed by atoms with van der Waals surface area (Å²) in [6.07, 6.45) is 7.25. The molecule has 1 unspecified atom stereocenters. The number of carbonyl (C=O) groups excluding carboxylic acids is 1. The molecule has 1 aliphatic heterocycles. The molecule has 0 aliphatic carbocycles. The number of benzene rings is 1. The molecule has 144 valence electrons. The van der Waals surface area contributed by atoms with Gasteiger partial charge in [-0.3, -0.25) is 14.5 Å². The minimum absolute atomic E-state index is 0.0716. The second kappa shape index (κ2) is 7.01. The summed E-state index contributed by atoms with van der Waals surface area (Å²) in [5.41, 5.74) is 4.55. The Kier molecular flexibility index (Phi) is 4.20. The Hall–Kier alpha value is -3.74. The molecule has 1 aliphatic rings. The van der Waals surface area contributed by atoms with Crippen LogP contribution >= 0.6 is 0 Å². The highest BCUT2D eigenvalue weighted by Crippen LogP contribution is 2.34. The van der Waals surface area contributed by atoms with E-state index in [1.165, 1.54) is 5.56 Å². The van der Waals surface area contributed by atoms with E-state index in [2.05, 4.69) is 27.4 Å². The van der Waals surface area contributed by atoms with Crippen molar-refractivity contribution in [2.75, 3.05) is 6.54 Å². The maximum absolute atomic E-state index is 13.2. The monoisotopic (exact) mass is 385 g/mol. The van der Waals surface area contributed by atoms with Crippen LogP contribution in [0.1, 0.15) is 33.1 Å². The lowest BCUT2D eigenvalue weighted by Crippen LogP contribution is -2.38. The molecule has 0 fully saturated rings. The fourth-order valence-corrected chi connectivity index (χ4v) is 3.85. The molecule has 0 saturated carbocycles. The standard InChI is InChI=1S/C22H19N5O2/c1-26-12-17(11-24-26)19-14-27(13-16-5-2-3-7-18(16)19)22(28)20-9-21(29-25-20)15-6-4-8-23-10-15/h2-12,19H,13-14H2,1H3. The van der Waals surface area contributed by atoms with Gasteiger partial charge in [0.15, 0.2) is 11.5 Å². The third-order valence-electron chi connectivity index (χ3n) is 5.28. The number of pyridine rings is 1. The van der Waals surface area contributed by atoms with Gasteiger partial charge < -0.3 is 9.42 Å². The smallest absolute Gasteiger partial charge is 0.276 e. The van der Waals surface area contributed by atoms with Crippen molar-refractivity contribution < 1.29 is 9.32 Å². The molecule has 1 aromatic carbocycles. The number of rotatable bonds is 3. The first kappa shape index (κ1) is 17.4. The minimum Gasteiger partial charge on any atom is -0.355 e. The zero-order valence-electron chi connectivity index (χ0n) is 15.9. The van der Waals surface area contributed by atoms with Gasteiger partial charge in [0.25, 0.3) is 5.91 Å². The number of aryl methyl sites for hydroxylation is 1. The largest absolute Gasteiger partial charge is 0.355 e. The Morgan fingerprint density at radius 2 is 2.07 bits per heavy atom. The maximum atomic E-state index is 13.2. The third-order valence-corrected chi connectivity index (χ3v) is 5.28. The van der Waals surface area contributed by atoms with E-state index in [1.807, 2.05) is 48.6 Å². The predicted molar refractivity (Wildman–Crippen MR) is 106 cm³/mol. The van der Waals surface area contributed by atoms with Gasteiger partial charge in [-0.2, -0.15) is 5.10 Å². The van der Waals surface area contributed by atoms with Gasteiger partial charge in [0.05, 0.1) is 6.20 Å². The molecule has 7 nitrogen and oxygen atoms in total. The summed E-state index contributed by atoms with van der Waals surface area (Å²) < 4.78 is 7.18. The molecule has 1 atom stereocenters. The van der Waals surface area contributed by atoms with E-state index < -0.39 is 0 Å². The van der Waals surface area contributed by atoms with E-state index in [9.17, 15) is 4.79 Å². The van der Waals surface area contributed by atoms with Crippen molar-refractivity contribution in [1.29, 1.82) is 0 Å². The van der Waals surface area contributed by atoms with Crippen LogP contribution < -0.4 is 0 Å². The van der Waals surface area contributed by atoms with E-state index >= 15 is 0 Å². The second-order valence-corrected chi connectivity index (χ2v) is 7.20. The van der Waals surface area contributed by atoms with Gasteiger partial charge >= 0.3 is 0 Å². The van der Waals surface area contributed by atoms with Gasteiger partial charge in [0.1, 0.15) is 0 Å². The molecule has 1 amide bonds. The quantitative estimate of drug-likeness (QED) is 0.541. The van der Waals surface area contributed by atoms with Gasteiger partial charge in [-0.1, -0.05) is 29.4 Å². The number of aromatic nitrogens is 4.